The monoisotopic (exact) mass is 518 g/mol. The molecule has 0 radical (unpaired) electrons. The summed E-state index contributed by atoms with van der Waals surface area (Å²) in [6.07, 6.45) is 2.33. The van der Waals surface area contributed by atoms with Crippen LogP contribution in [0.4, 0.5) is 4.39 Å². The SMILES string of the molecule is O=C1C(=O)N(CCc2c[nH]c3ccccc23)C(c2ccccc2F)/C1=C(\O)c1ccc(Br)cc1. The van der Waals surface area contributed by atoms with E-state index in [9.17, 15) is 19.1 Å². The van der Waals surface area contributed by atoms with Crippen molar-refractivity contribution in [1.29, 1.82) is 0 Å². The molecule has 7 heteroatoms. The molecule has 0 saturated carbocycles. The minimum absolute atomic E-state index is 0.114. The number of aromatic nitrogens is 1. The van der Waals surface area contributed by atoms with E-state index in [1.54, 1.807) is 42.5 Å². The van der Waals surface area contributed by atoms with Crippen LogP contribution in [-0.4, -0.2) is 33.2 Å². The molecule has 34 heavy (non-hydrogen) atoms. The fourth-order valence-corrected chi connectivity index (χ4v) is 4.74. The summed E-state index contributed by atoms with van der Waals surface area (Å²) in [6, 6.07) is 19.5. The number of hydrogen-bond donors (Lipinski definition) is 2. The van der Waals surface area contributed by atoms with E-state index in [0.29, 0.717) is 12.0 Å². The Kier molecular flexibility index (Phi) is 5.79. The van der Waals surface area contributed by atoms with Gasteiger partial charge >= 0.3 is 0 Å². The van der Waals surface area contributed by atoms with Crippen molar-refractivity contribution in [2.75, 3.05) is 6.54 Å². The van der Waals surface area contributed by atoms with E-state index in [1.165, 1.54) is 11.0 Å². The zero-order valence-electron chi connectivity index (χ0n) is 18.0. The zero-order valence-corrected chi connectivity index (χ0v) is 19.5. The van der Waals surface area contributed by atoms with Crippen LogP contribution in [0.25, 0.3) is 16.7 Å². The van der Waals surface area contributed by atoms with Gasteiger partial charge in [0.05, 0.1) is 11.6 Å². The summed E-state index contributed by atoms with van der Waals surface area (Å²) < 4.78 is 15.7. The number of amides is 1. The molecule has 1 aromatic heterocycles. The third-order valence-electron chi connectivity index (χ3n) is 6.15. The number of Topliss-reactive ketones (excluding diaryl/α,β-unsaturated/α-hetero) is 1. The molecule has 1 saturated heterocycles. The number of carbonyl (C=O) groups excluding carboxylic acids is 2. The van der Waals surface area contributed by atoms with Crippen LogP contribution in [0.5, 0.6) is 0 Å². The van der Waals surface area contributed by atoms with Gasteiger partial charge in [-0.1, -0.05) is 64.5 Å². The maximum Gasteiger partial charge on any atom is 0.295 e. The Morgan fingerprint density at radius 3 is 2.47 bits per heavy atom. The molecule has 0 aliphatic carbocycles. The number of H-pyrrole nitrogens is 1. The number of carbonyl (C=O) groups is 2. The lowest BCUT2D eigenvalue weighted by atomic mass is 9.95. The maximum absolute atomic E-state index is 14.9. The average Bonchev–Trinajstić information content (AvgIpc) is 3.37. The van der Waals surface area contributed by atoms with Crippen LogP contribution in [0.15, 0.2) is 89.0 Å². The molecule has 0 bridgehead atoms. The van der Waals surface area contributed by atoms with Crippen LogP contribution >= 0.6 is 15.9 Å². The van der Waals surface area contributed by atoms with Gasteiger partial charge in [-0.3, -0.25) is 9.59 Å². The van der Waals surface area contributed by atoms with Gasteiger partial charge < -0.3 is 15.0 Å². The van der Waals surface area contributed by atoms with Gasteiger partial charge in [0, 0.05) is 39.2 Å². The molecular formula is C27H20BrFN2O3. The van der Waals surface area contributed by atoms with Crippen LogP contribution in [0.3, 0.4) is 0 Å². The molecule has 2 heterocycles. The second kappa shape index (κ2) is 8.91. The summed E-state index contributed by atoms with van der Waals surface area (Å²) in [5, 5.41) is 12.1. The first kappa shape index (κ1) is 22.1. The number of ketones is 1. The van der Waals surface area contributed by atoms with E-state index >= 15 is 0 Å². The number of benzene rings is 3. The van der Waals surface area contributed by atoms with E-state index in [0.717, 1.165) is 20.9 Å². The maximum atomic E-state index is 14.9. The van der Waals surface area contributed by atoms with Gasteiger partial charge in [0.1, 0.15) is 11.6 Å². The minimum Gasteiger partial charge on any atom is -0.507 e. The lowest BCUT2D eigenvalue weighted by Crippen LogP contribution is -2.32. The van der Waals surface area contributed by atoms with Crippen LogP contribution in [0, 0.1) is 5.82 Å². The predicted molar refractivity (Wildman–Crippen MR) is 132 cm³/mol. The number of para-hydroxylation sites is 1. The molecule has 1 atom stereocenters. The van der Waals surface area contributed by atoms with E-state index in [4.69, 9.17) is 0 Å². The molecule has 1 aliphatic rings. The first-order valence-electron chi connectivity index (χ1n) is 10.8. The minimum atomic E-state index is -1.03. The van der Waals surface area contributed by atoms with Gasteiger partial charge in [-0.2, -0.15) is 0 Å². The van der Waals surface area contributed by atoms with Crippen molar-refractivity contribution in [2.24, 2.45) is 0 Å². The number of aliphatic hydroxyl groups excluding tert-OH is 1. The smallest absolute Gasteiger partial charge is 0.295 e. The lowest BCUT2D eigenvalue weighted by Gasteiger charge is -2.25. The molecule has 1 aliphatic heterocycles. The molecule has 2 N–H and O–H groups in total. The van der Waals surface area contributed by atoms with Crippen LogP contribution < -0.4 is 0 Å². The fraction of sp³-hybridized carbons (Fsp3) is 0.111. The van der Waals surface area contributed by atoms with Gasteiger partial charge in [0.25, 0.3) is 11.7 Å². The third kappa shape index (κ3) is 3.82. The van der Waals surface area contributed by atoms with E-state index < -0.39 is 23.5 Å². The quantitative estimate of drug-likeness (QED) is 0.201. The molecule has 1 fully saturated rings. The molecule has 5 rings (SSSR count). The van der Waals surface area contributed by atoms with Crippen LogP contribution in [0.1, 0.15) is 22.7 Å². The molecule has 170 valence electrons. The summed E-state index contributed by atoms with van der Waals surface area (Å²) in [6.45, 7) is 0.183. The molecule has 4 aromatic rings. The van der Waals surface area contributed by atoms with Crippen molar-refractivity contribution in [1.82, 2.24) is 9.88 Å². The van der Waals surface area contributed by atoms with Crippen LogP contribution in [0.2, 0.25) is 0 Å². The van der Waals surface area contributed by atoms with E-state index in [2.05, 4.69) is 20.9 Å². The van der Waals surface area contributed by atoms with Gasteiger partial charge in [-0.15, -0.1) is 0 Å². The Bertz CT molecular complexity index is 1440. The first-order chi connectivity index (χ1) is 16.5. The number of rotatable bonds is 5. The largest absolute Gasteiger partial charge is 0.507 e. The van der Waals surface area contributed by atoms with Gasteiger partial charge in [-0.05, 0) is 36.2 Å². The van der Waals surface area contributed by atoms with Crippen molar-refractivity contribution in [3.8, 4) is 0 Å². The second-order valence-electron chi connectivity index (χ2n) is 8.13. The number of nitrogens with zero attached hydrogens (tertiary/aromatic N) is 1. The zero-order chi connectivity index (χ0) is 23.8. The highest BCUT2D eigenvalue weighted by Crippen LogP contribution is 2.40. The van der Waals surface area contributed by atoms with Gasteiger partial charge in [-0.25, -0.2) is 4.39 Å². The number of likely N-dealkylation sites (tertiary alicyclic amines) is 1. The third-order valence-corrected chi connectivity index (χ3v) is 6.68. The fourth-order valence-electron chi connectivity index (χ4n) is 4.47. The molecule has 1 unspecified atom stereocenters. The topological polar surface area (TPSA) is 73.4 Å². The standard InChI is InChI=1S/C27H20BrFN2O3/c28-18-11-9-16(10-12-18)25(32)23-24(20-6-1-3-7-21(20)29)31(27(34)26(23)33)14-13-17-15-30-22-8-4-2-5-19(17)22/h1-12,15,24,30,32H,13-14H2/b25-23+. The van der Waals surface area contributed by atoms with Gasteiger partial charge in [0.15, 0.2) is 0 Å². The number of hydrogen-bond acceptors (Lipinski definition) is 3. The van der Waals surface area contributed by atoms with E-state index in [-0.39, 0.29) is 23.4 Å². The van der Waals surface area contributed by atoms with Crippen LogP contribution in [-0.2, 0) is 16.0 Å². The molecule has 0 spiro atoms. The highest BCUT2D eigenvalue weighted by molar-refractivity contribution is 9.10. The summed E-state index contributed by atoms with van der Waals surface area (Å²) in [4.78, 5) is 30.8. The van der Waals surface area contributed by atoms with Crippen molar-refractivity contribution in [3.63, 3.8) is 0 Å². The van der Waals surface area contributed by atoms with Crippen molar-refractivity contribution >= 4 is 44.3 Å². The molecule has 3 aromatic carbocycles. The highest BCUT2D eigenvalue weighted by atomic mass is 79.9. The van der Waals surface area contributed by atoms with Crippen molar-refractivity contribution < 1.29 is 19.1 Å². The Morgan fingerprint density at radius 1 is 1.00 bits per heavy atom. The van der Waals surface area contributed by atoms with E-state index in [1.807, 2.05) is 30.5 Å². The molecule has 1 amide bonds. The summed E-state index contributed by atoms with van der Waals surface area (Å²) >= 11 is 3.34. The number of nitrogens with one attached hydrogen (secondary N) is 1. The van der Waals surface area contributed by atoms with Gasteiger partial charge in [0.2, 0.25) is 0 Å². The Labute approximate surface area is 203 Å². The summed E-state index contributed by atoms with van der Waals surface area (Å²) in [7, 11) is 0. The normalized spacial score (nSPS) is 17.6. The lowest BCUT2D eigenvalue weighted by molar-refractivity contribution is -0.139. The average molecular weight is 519 g/mol. The predicted octanol–water partition coefficient (Wildman–Crippen LogP) is 5.73. The second-order valence-corrected chi connectivity index (χ2v) is 9.05. The number of aromatic amines is 1. The van der Waals surface area contributed by atoms with Crippen molar-refractivity contribution in [3.05, 3.63) is 112 Å². The number of aliphatic hydroxyl groups is 1. The number of fused-ring (bicyclic) bond motifs is 1. The van der Waals surface area contributed by atoms with Crippen molar-refractivity contribution in [2.45, 2.75) is 12.5 Å². The Hall–Kier alpha value is -3.71. The Balaban J connectivity index is 1.58. The summed E-state index contributed by atoms with van der Waals surface area (Å²) in [5.41, 5.74) is 2.38. The summed E-state index contributed by atoms with van der Waals surface area (Å²) in [5.74, 6) is -2.46. The Morgan fingerprint density at radius 2 is 1.71 bits per heavy atom. The first-order valence-corrected chi connectivity index (χ1v) is 11.6. The molecule has 5 nitrogen and oxygen atoms in total. The molecular weight excluding hydrogens is 499 g/mol. The number of halogens is 2. The highest BCUT2D eigenvalue weighted by Gasteiger charge is 2.46.